The van der Waals surface area contributed by atoms with Gasteiger partial charge >= 0.3 is 0 Å². The number of nitrogens with one attached hydrogen (secondary N) is 3. The van der Waals surface area contributed by atoms with E-state index in [1.165, 1.54) is 30.5 Å². The molecule has 3 aromatic rings. The van der Waals surface area contributed by atoms with Crippen LogP contribution in [0.1, 0.15) is 30.7 Å². The van der Waals surface area contributed by atoms with E-state index in [0.717, 1.165) is 17.9 Å². The van der Waals surface area contributed by atoms with E-state index in [1.54, 1.807) is 16.6 Å². The van der Waals surface area contributed by atoms with Gasteiger partial charge in [0.15, 0.2) is 0 Å². The Bertz CT molecular complexity index is 1000. The predicted molar refractivity (Wildman–Crippen MR) is 106 cm³/mol. The molecule has 2 aromatic heterocycles. The molecule has 0 unspecified atom stereocenters. The van der Waals surface area contributed by atoms with E-state index in [0.29, 0.717) is 30.5 Å². The zero-order valence-electron chi connectivity index (χ0n) is 15.4. The lowest BCUT2D eigenvalue weighted by Gasteiger charge is -2.28. The zero-order chi connectivity index (χ0) is 19.1. The summed E-state index contributed by atoms with van der Waals surface area (Å²) in [5.41, 5.74) is 2.84. The summed E-state index contributed by atoms with van der Waals surface area (Å²) in [7, 11) is 0. The van der Waals surface area contributed by atoms with Crippen LogP contribution in [-0.2, 0) is 0 Å². The fourth-order valence-corrected chi connectivity index (χ4v) is 3.80. The molecule has 0 radical (unpaired) electrons. The van der Waals surface area contributed by atoms with Gasteiger partial charge in [-0.05, 0) is 43.4 Å². The summed E-state index contributed by atoms with van der Waals surface area (Å²) >= 11 is 0. The quantitative estimate of drug-likeness (QED) is 0.543. The Morgan fingerprint density at radius 1 is 1.21 bits per heavy atom. The second-order valence-electron chi connectivity index (χ2n) is 7.66. The first-order valence-electron chi connectivity index (χ1n) is 9.72. The molecule has 28 heavy (non-hydrogen) atoms. The second kappa shape index (κ2) is 7.03. The van der Waals surface area contributed by atoms with E-state index in [4.69, 9.17) is 0 Å². The van der Waals surface area contributed by atoms with Crippen LogP contribution in [-0.4, -0.2) is 44.9 Å². The molecule has 1 aliphatic heterocycles. The highest BCUT2D eigenvalue weighted by atomic mass is 19.1. The van der Waals surface area contributed by atoms with Gasteiger partial charge < -0.3 is 21.1 Å². The highest BCUT2D eigenvalue weighted by Gasteiger charge is 2.28. The number of piperidine rings is 1. The molecule has 1 aromatic carbocycles. The first kappa shape index (κ1) is 17.4. The number of fused-ring (bicyclic) bond motifs is 1. The van der Waals surface area contributed by atoms with Gasteiger partial charge in [0.25, 0.3) is 0 Å². The maximum atomic E-state index is 13.6. The minimum absolute atomic E-state index is 0.0908. The van der Waals surface area contributed by atoms with Crippen molar-refractivity contribution in [2.45, 2.75) is 37.3 Å². The molecule has 4 N–H and O–H groups in total. The molecule has 5 rings (SSSR count). The SMILES string of the molecule is O[C@@H]1CNC[C@@H](Nc2cc3c(C4CC4)cnn3c(Nc3cccc(F)c3)n2)C1. The van der Waals surface area contributed by atoms with Crippen LogP contribution < -0.4 is 16.0 Å². The van der Waals surface area contributed by atoms with Gasteiger partial charge in [-0.25, -0.2) is 4.39 Å². The molecule has 3 heterocycles. The van der Waals surface area contributed by atoms with E-state index in [9.17, 15) is 9.50 Å². The largest absolute Gasteiger partial charge is 0.392 e. The van der Waals surface area contributed by atoms with Crippen molar-refractivity contribution >= 4 is 23.0 Å². The monoisotopic (exact) mass is 382 g/mol. The van der Waals surface area contributed by atoms with E-state index in [1.807, 2.05) is 12.3 Å². The lowest BCUT2D eigenvalue weighted by Crippen LogP contribution is -2.45. The number of aliphatic hydroxyl groups excluding tert-OH is 1. The molecule has 0 amide bonds. The number of hydrogen-bond donors (Lipinski definition) is 4. The van der Waals surface area contributed by atoms with Crippen molar-refractivity contribution in [2.75, 3.05) is 23.7 Å². The number of β-amino-alcohol motifs (C(OH)–C–C–N with tert-alkyl or cyclic N) is 1. The lowest BCUT2D eigenvalue weighted by molar-refractivity contribution is 0.136. The van der Waals surface area contributed by atoms with Gasteiger partial charge in [0.05, 0.1) is 17.8 Å². The van der Waals surface area contributed by atoms with Gasteiger partial charge in [0, 0.05) is 36.4 Å². The number of aromatic nitrogens is 3. The Morgan fingerprint density at radius 2 is 2.11 bits per heavy atom. The van der Waals surface area contributed by atoms with Crippen molar-refractivity contribution in [3.8, 4) is 0 Å². The first-order chi connectivity index (χ1) is 13.7. The maximum absolute atomic E-state index is 13.6. The van der Waals surface area contributed by atoms with E-state index in [2.05, 4.69) is 26.0 Å². The van der Waals surface area contributed by atoms with Crippen LogP contribution in [0.15, 0.2) is 36.5 Å². The standard InChI is InChI=1S/C20H23FN6O/c21-13-2-1-3-14(6-13)25-20-26-19(24-15-7-16(28)10-22-9-15)8-18-17(12-4-5-12)11-23-27(18)20/h1-3,6,8,11-12,15-16,22,24,28H,4-5,7,9-10H2,(H,25,26)/t15-,16-/m0/s1. The molecule has 0 bridgehead atoms. The molecule has 1 aliphatic carbocycles. The van der Waals surface area contributed by atoms with Crippen LogP contribution in [0.3, 0.4) is 0 Å². The van der Waals surface area contributed by atoms with E-state index in [-0.39, 0.29) is 18.0 Å². The summed E-state index contributed by atoms with van der Waals surface area (Å²) in [5, 5.41) is 24.3. The van der Waals surface area contributed by atoms with Gasteiger partial charge in [-0.2, -0.15) is 14.6 Å². The molecule has 1 saturated carbocycles. The van der Waals surface area contributed by atoms with Crippen molar-refractivity contribution < 1.29 is 9.50 Å². The van der Waals surface area contributed by atoms with Gasteiger partial charge in [-0.1, -0.05) is 6.07 Å². The van der Waals surface area contributed by atoms with Crippen LogP contribution in [0.4, 0.5) is 21.8 Å². The number of nitrogens with zero attached hydrogens (tertiary/aromatic N) is 3. The summed E-state index contributed by atoms with van der Waals surface area (Å²) in [5.74, 6) is 1.49. The van der Waals surface area contributed by atoms with Crippen LogP contribution in [0.25, 0.3) is 5.52 Å². The minimum atomic E-state index is -0.364. The number of anilines is 3. The van der Waals surface area contributed by atoms with Crippen molar-refractivity contribution in [3.05, 3.63) is 47.9 Å². The van der Waals surface area contributed by atoms with Crippen LogP contribution in [0.2, 0.25) is 0 Å². The van der Waals surface area contributed by atoms with Crippen LogP contribution >= 0.6 is 0 Å². The first-order valence-corrected chi connectivity index (χ1v) is 9.72. The summed E-state index contributed by atoms with van der Waals surface area (Å²) in [6.45, 7) is 1.39. The lowest BCUT2D eigenvalue weighted by atomic mass is 10.1. The van der Waals surface area contributed by atoms with Crippen molar-refractivity contribution in [3.63, 3.8) is 0 Å². The Morgan fingerprint density at radius 3 is 2.89 bits per heavy atom. The average molecular weight is 382 g/mol. The highest BCUT2D eigenvalue weighted by Crippen LogP contribution is 2.42. The topological polar surface area (TPSA) is 86.5 Å². The molecular formula is C20H23FN6O. The Hall–Kier alpha value is -2.71. The molecule has 7 nitrogen and oxygen atoms in total. The fraction of sp³-hybridized carbons (Fsp3) is 0.400. The predicted octanol–water partition coefficient (Wildman–Crippen LogP) is 2.62. The Kier molecular flexibility index (Phi) is 4.37. The van der Waals surface area contributed by atoms with Gasteiger partial charge in [0.1, 0.15) is 11.6 Å². The third-order valence-corrected chi connectivity index (χ3v) is 5.31. The number of hydrogen-bond acceptors (Lipinski definition) is 6. The molecule has 1 saturated heterocycles. The molecule has 2 aliphatic rings. The maximum Gasteiger partial charge on any atom is 0.230 e. The third-order valence-electron chi connectivity index (χ3n) is 5.31. The molecule has 2 fully saturated rings. The van der Waals surface area contributed by atoms with E-state index >= 15 is 0 Å². The van der Waals surface area contributed by atoms with Gasteiger partial charge in [-0.3, -0.25) is 0 Å². The van der Waals surface area contributed by atoms with Gasteiger partial charge in [0.2, 0.25) is 5.95 Å². The number of aliphatic hydroxyl groups is 1. The number of benzene rings is 1. The summed E-state index contributed by atoms with van der Waals surface area (Å²) < 4.78 is 15.4. The highest BCUT2D eigenvalue weighted by molar-refractivity contribution is 5.67. The van der Waals surface area contributed by atoms with Crippen LogP contribution in [0.5, 0.6) is 0 Å². The molecule has 8 heteroatoms. The normalized spacial score (nSPS) is 22.4. The minimum Gasteiger partial charge on any atom is -0.392 e. The average Bonchev–Trinajstić information content (AvgIpc) is 3.41. The van der Waals surface area contributed by atoms with Crippen molar-refractivity contribution in [1.29, 1.82) is 0 Å². The molecule has 2 atom stereocenters. The smallest absolute Gasteiger partial charge is 0.230 e. The Labute approximate surface area is 162 Å². The fourth-order valence-electron chi connectivity index (χ4n) is 3.80. The summed E-state index contributed by atoms with van der Waals surface area (Å²) in [4.78, 5) is 4.68. The van der Waals surface area contributed by atoms with Crippen molar-refractivity contribution in [2.24, 2.45) is 0 Å². The molecule has 146 valence electrons. The number of halogens is 1. The third kappa shape index (κ3) is 3.53. The zero-order valence-corrected chi connectivity index (χ0v) is 15.4. The molecular weight excluding hydrogens is 359 g/mol. The summed E-state index contributed by atoms with van der Waals surface area (Å²) in [6.07, 6.45) is 4.56. The molecule has 0 spiro atoms. The summed E-state index contributed by atoms with van der Waals surface area (Å²) in [6, 6.07) is 8.40. The van der Waals surface area contributed by atoms with E-state index < -0.39 is 0 Å². The van der Waals surface area contributed by atoms with Crippen molar-refractivity contribution in [1.82, 2.24) is 19.9 Å². The number of rotatable bonds is 5. The Balaban J connectivity index is 1.51. The van der Waals surface area contributed by atoms with Gasteiger partial charge in [-0.15, -0.1) is 0 Å². The second-order valence-corrected chi connectivity index (χ2v) is 7.66. The van der Waals surface area contributed by atoms with Crippen LogP contribution in [0, 0.1) is 5.82 Å².